The van der Waals surface area contributed by atoms with Crippen LogP contribution in [0.2, 0.25) is 5.02 Å². The smallest absolute Gasteiger partial charge is 0.150 e. The van der Waals surface area contributed by atoms with E-state index in [0.29, 0.717) is 10.6 Å². The van der Waals surface area contributed by atoms with E-state index in [4.69, 9.17) is 11.6 Å². The zero-order chi connectivity index (χ0) is 14.5. The molecule has 0 bridgehead atoms. The van der Waals surface area contributed by atoms with E-state index in [1.165, 1.54) is 12.1 Å². The van der Waals surface area contributed by atoms with Crippen LogP contribution in [0.4, 0.5) is 4.39 Å². The van der Waals surface area contributed by atoms with Crippen molar-refractivity contribution in [1.82, 2.24) is 0 Å². The van der Waals surface area contributed by atoms with Gasteiger partial charge in [0.15, 0.2) is 10.7 Å². The first-order valence-electron chi connectivity index (χ1n) is 5.89. The van der Waals surface area contributed by atoms with E-state index in [9.17, 15) is 12.8 Å². The highest BCUT2D eigenvalue weighted by Gasteiger charge is 2.10. The predicted molar refractivity (Wildman–Crippen MR) is 79.9 cm³/mol. The van der Waals surface area contributed by atoms with E-state index < -0.39 is 16.0 Å². The lowest BCUT2D eigenvalue weighted by molar-refractivity contribution is 0.609. The average molecular weight is 311 g/mol. The first-order chi connectivity index (χ1) is 9.56. The molecule has 2 nitrogen and oxygen atoms in total. The Morgan fingerprint density at radius 3 is 2.15 bits per heavy atom. The molecule has 0 spiro atoms. The minimum Gasteiger partial charge on any atom is -0.231 e. The molecule has 2 rings (SSSR count). The number of halogens is 2. The first-order valence-corrected chi connectivity index (χ1v) is 7.51. The second kappa shape index (κ2) is 6.68. The summed E-state index contributed by atoms with van der Waals surface area (Å²) in [6.07, 6.45) is 3.23. The van der Waals surface area contributed by atoms with Crippen molar-refractivity contribution in [3.05, 3.63) is 76.6 Å². The summed E-state index contributed by atoms with van der Waals surface area (Å²) in [6, 6.07) is 12.5. The van der Waals surface area contributed by atoms with Crippen molar-refractivity contribution in [2.24, 2.45) is 0 Å². The molecule has 1 unspecified atom stereocenters. The number of rotatable bonds is 4. The summed E-state index contributed by atoms with van der Waals surface area (Å²) >= 11 is 5.78. The van der Waals surface area contributed by atoms with Gasteiger partial charge in [-0.1, -0.05) is 48.0 Å². The Bertz CT molecular complexity index is 668. The van der Waals surface area contributed by atoms with Crippen LogP contribution in [-0.4, -0.2) is 8.42 Å². The van der Waals surface area contributed by atoms with Crippen LogP contribution >= 0.6 is 11.6 Å². The van der Waals surface area contributed by atoms with E-state index in [0.717, 1.165) is 5.56 Å². The summed E-state index contributed by atoms with van der Waals surface area (Å²) < 4.78 is 35.5. The highest BCUT2D eigenvalue weighted by molar-refractivity contribution is 7.72. The molecule has 0 saturated heterocycles. The number of hydrogen-bond acceptors (Lipinski definition) is 2. The molecule has 2 aromatic rings. The minimum absolute atomic E-state index is 0.327. The lowest BCUT2D eigenvalue weighted by Crippen LogP contribution is -1.96. The molecule has 0 saturated carbocycles. The summed E-state index contributed by atoms with van der Waals surface area (Å²) in [5, 5.41) is -0.177. The summed E-state index contributed by atoms with van der Waals surface area (Å²) in [5.41, 5.74) is 1.38. The molecule has 2 aromatic carbocycles. The summed E-state index contributed by atoms with van der Waals surface area (Å²) in [7, 11) is -2.66. The van der Waals surface area contributed by atoms with E-state index in [1.807, 2.05) is 0 Å². The second-order valence-corrected chi connectivity index (χ2v) is 5.76. The lowest BCUT2D eigenvalue weighted by Gasteiger charge is -2.06. The van der Waals surface area contributed by atoms with Crippen LogP contribution in [0.3, 0.4) is 0 Å². The largest absolute Gasteiger partial charge is 0.231 e. The van der Waals surface area contributed by atoms with Gasteiger partial charge in [0.25, 0.3) is 0 Å². The van der Waals surface area contributed by atoms with E-state index >= 15 is 0 Å². The van der Waals surface area contributed by atoms with Gasteiger partial charge in [-0.05, 0) is 35.4 Å². The Hall–Kier alpha value is -1.65. The molecular weight excluding hydrogens is 299 g/mol. The third-order valence-corrected chi connectivity index (χ3v) is 3.96. The maximum absolute atomic E-state index is 12.8. The minimum atomic E-state index is -2.66. The quantitative estimate of drug-likeness (QED) is 0.871. The molecule has 5 heteroatoms. The predicted octanol–water partition coefficient (Wildman–Crippen LogP) is 3.85. The van der Waals surface area contributed by atoms with Crippen LogP contribution < -0.4 is 0 Å². The zero-order valence-corrected chi connectivity index (χ0v) is 12.0. The van der Waals surface area contributed by atoms with E-state index in [1.54, 1.807) is 48.6 Å². The standard InChI is InChI=1S/C15H12ClFO2S/c16-13-6-4-12(5-7-13)15(20(18)19)10-3-11-1-8-14(17)9-2-11/h1-10,15,20H. The van der Waals surface area contributed by atoms with Gasteiger partial charge in [-0.3, -0.25) is 0 Å². The Morgan fingerprint density at radius 1 is 1.00 bits per heavy atom. The van der Waals surface area contributed by atoms with Crippen molar-refractivity contribution in [2.75, 3.05) is 0 Å². The van der Waals surface area contributed by atoms with Crippen molar-refractivity contribution >= 4 is 28.4 Å². The van der Waals surface area contributed by atoms with Crippen molar-refractivity contribution in [3.63, 3.8) is 0 Å². The lowest BCUT2D eigenvalue weighted by atomic mass is 10.1. The fourth-order valence-electron chi connectivity index (χ4n) is 1.74. The Balaban J connectivity index is 2.26. The molecule has 1 atom stereocenters. The maximum atomic E-state index is 12.8. The van der Waals surface area contributed by atoms with Crippen molar-refractivity contribution in [1.29, 1.82) is 0 Å². The van der Waals surface area contributed by atoms with Gasteiger partial charge >= 0.3 is 0 Å². The monoisotopic (exact) mass is 310 g/mol. The Labute approximate surface area is 123 Å². The van der Waals surface area contributed by atoms with Crippen molar-refractivity contribution in [3.8, 4) is 0 Å². The third-order valence-electron chi connectivity index (χ3n) is 2.78. The Morgan fingerprint density at radius 2 is 1.60 bits per heavy atom. The summed E-state index contributed by atoms with van der Waals surface area (Å²) in [6.45, 7) is 0. The van der Waals surface area contributed by atoms with E-state index in [-0.39, 0.29) is 5.82 Å². The molecular formula is C15H12ClFO2S. The fraction of sp³-hybridized carbons (Fsp3) is 0.0667. The summed E-state index contributed by atoms with van der Waals surface area (Å²) in [5.74, 6) is -0.327. The normalized spacial score (nSPS) is 12.9. The van der Waals surface area contributed by atoms with Crippen molar-refractivity contribution < 1.29 is 12.8 Å². The van der Waals surface area contributed by atoms with E-state index in [2.05, 4.69) is 0 Å². The van der Waals surface area contributed by atoms with Crippen LogP contribution in [-0.2, 0) is 10.7 Å². The van der Waals surface area contributed by atoms with Crippen LogP contribution in [0.15, 0.2) is 54.6 Å². The average Bonchev–Trinajstić information content (AvgIpc) is 2.43. The van der Waals surface area contributed by atoms with Crippen LogP contribution in [0.5, 0.6) is 0 Å². The third kappa shape index (κ3) is 3.92. The summed E-state index contributed by atoms with van der Waals surface area (Å²) in [4.78, 5) is 0. The highest BCUT2D eigenvalue weighted by atomic mass is 35.5. The zero-order valence-electron chi connectivity index (χ0n) is 10.4. The number of hydrogen-bond donors (Lipinski definition) is 1. The molecule has 104 valence electrons. The molecule has 0 aliphatic rings. The molecule has 0 amide bonds. The van der Waals surface area contributed by atoms with Gasteiger partial charge in [-0.25, -0.2) is 12.8 Å². The Kier molecular flexibility index (Phi) is 4.93. The molecule has 20 heavy (non-hydrogen) atoms. The van der Waals surface area contributed by atoms with Gasteiger partial charge in [0.05, 0.1) is 0 Å². The molecule has 0 aromatic heterocycles. The number of thiol groups is 1. The van der Waals surface area contributed by atoms with Gasteiger partial charge in [0.2, 0.25) is 0 Å². The highest BCUT2D eigenvalue weighted by Crippen LogP contribution is 2.21. The molecule has 0 fully saturated rings. The van der Waals surface area contributed by atoms with Crippen LogP contribution in [0.1, 0.15) is 16.4 Å². The topological polar surface area (TPSA) is 34.1 Å². The first kappa shape index (κ1) is 14.8. The van der Waals surface area contributed by atoms with Crippen LogP contribution in [0.25, 0.3) is 6.08 Å². The van der Waals surface area contributed by atoms with Gasteiger partial charge < -0.3 is 0 Å². The second-order valence-electron chi connectivity index (χ2n) is 4.19. The molecule has 0 aliphatic carbocycles. The van der Waals surface area contributed by atoms with Gasteiger partial charge in [0.1, 0.15) is 11.1 Å². The molecule has 0 radical (unpaired) electrons. The molecule has 0 heterocycles. The van der Waals surface area contributed by atoms with Gasteiger partial charge in [-0.15, -0.1) is 0 Å². The fourth-order valence-corrected chi connectivity index (χ4v) is 2.51. The number of benzene rings is 2. The molecule has 0 aliphatic heterocycles. The van der Waals surface area contributed by atoms with Gasteiger partial charge in [0, 0.05) is 5.02 Å². The van der Waals surface area contributed by atoms with Gasteiger partial charge in [-0.2, -0.15) is 0 Å². The van der Waals surface area contributed by atoms with Crippen molar-refractivity contribution in [2.45, 2.75) is 5.25 Å². The molecule has 0 N–H and O–H groups in total. The SMILES string of the molecule is O=[SH](=O)C(C=Cc1ccc(F)cc1)c1ccc(Cl)cc1. The maximum Gasteiger partial charge on any atom is 0.150 e. The van der Waals surface area contributed by atoms with Crippen LogP contribution in [0, 0.1) is 5.82 Å².